The summed E-state index contributed by atoms with van der Waals surface area (Å²) in [7, 11) is 1.62. The van der Waals surface area contributed by atoms with Gasteiger partial charge >= 0.3 is 0 Å². The van der Waals surface area contributed by atoms with E-state index < -0.39 is 0 Å². The molecule has 154 valence electrons. The fourth-order valence-electron chi connectivity index (χ4n) is 3.95. The number of para-hydroxylation sites is 1. The number of likely N-dealkylation sites (tertiary alicyclic amines) is 1. The average molecular weight is 396 g/mol. The van der Waals surface area contributed by atoms with Gasteiger partial charge in [-0.2, -0.15) is 0 Å². The van der Waals surface area contributed by atoms with Crippen molar-refractivity contribution in [3.05, 3.63) is 53.7 Å². The third-order valence-electron chi connectivity index (χ3n) is 5.39. The molecule has 1 N–H and O–H groups in total. The van der Waals surface area contributed by atoms with E-state index in [1.54, 1.807) is 13.2 Å². The second-order valence-electron chi connectivity index (χ2n) is 7.43. The zero-order valence-electron chi connectivity index (χ0n) is 17.4. The van der Waals surface area contributed by atoms with Gasteiger partial charge in [0.05, 0.1) is 19.1 Å². The van der Waals surface area contributed by atoms with Crippen LogP contribution in [0.4, 0.5) is 5.82 Å². The summed E-state index contributed by atoms with van der Waals surface area (Å²) >= 11 is 0. The molecule has 1 aromatic heterocycles. The first-order valence-corrected chi connectivity index (χ1v) is 10.2. The van der Waals surface area contributed by atoms with Crippen molar-refractivity contribution in [1.29, 1.82) is 0 Å². The molecular formula is C23H29N3O3. The molecule has 2 heterocycles. The van der Waals surface area contributed by atoms with E-state index in [9.17, 15) is 9.59 Å². The number of unbranched alkanes of at least 4 members (excludes halogenated alkanes) is 1. The number of amides is 2. The third kappa shape index (κ3) is 4.75. The summed E-state index contributed by atoms with van der Waals surface area (Å²) in [5.74, 6) is 0.828. The topological polar surface area (TPSA) is 71.5 Å². The van der Waals surface area contributed by atoms with E-state index in [0.717, 1.165) is 24.1 Å². The highest BCUT2D eigenvalue weighted by molar-refractivity contribution is 5.94. The standard InChI is InChI=1S/C23H29N3O3/c1-4-5-15-26-21(27)14-13-18(22(26)17-10-6-7-11-19(17)29-3)23(28)25-20-12-8-9-16(2)24-20/h6-12,18,22H,4-5,13-15H2,1-3H3,(H,24,25,28)/t18-,22+/m0/s1. The summed E-state index contributed by atoms with van der Waals surface area (Å²) in [6.45, 7) is 4.61. The summed E-state index contributed by atoms with van der Waals surface area (Å²) in [5.41, 5.74) is 1.71. The number of rotatable bonds is 7. The average Bonchev–Trinajstić information content (AvgIpc) is 2.72. The van der Waals surface area contributed by atoms with Crippen LogP contribution in [0, 0.1) is 12.8 Å². The predicted octanol–water partition coefficient (Wildman–Crippen LogP) is 4.12. The summed E-state index contributed by atoms with van der Waals surface area (Å²) in [6, 6.07) is 12.8. The van der Waals surface area contributed by atoms with Crippen molar-refractivity contribution in [3.8, 4) is 5.75 Å². The van der Waals surface area contributed by atoms with Gasteiger partial charge in [-0.1, -0.05) is 37.6 Å². The van der Waals surface area contributed by atoms with Crippen molar-refractivity contribution in [2.45, 2.75) is 45.6 Å². The lowest BCUT2D eigenvalue weighted by atomic mass is 9.83. The molecule has 1 fully saturated rings. The number of aromatic nitrogens is 1. The van der Waals surface area contributed by atoms with Crippen molar-refractivity contribution in [2.24, 2.45) is 5.92 Å². The molecule has 6 nitrogen and oxygen atoms in total. The van der Waals surface area contributed by atoms with Crippen LogP contribution in [0.3, 0.4) is 0 Å². The molecule has 0 aliphatic carbocycles. The highest BCUT2D eigenvalue weighted by Gasteiger charge is 2.41. The molecule has 6 heteroatoms. The molecular weight excluding hydrogens is 366 g/mol. The minimum absolute atomic E-state index is 0.0899. The fraction of sp³-hybridized carbons (Fsp3) is 0.435. The smallest absolute Gasteiger partial charge is 0.231 e. The number of benzene rings is 1. The number of carbonyl (C=O) groups is 2. The monoisotopic (exact) mass is 395 g/mol. The molecule has 1 aliphatic heterocycles. The number of piperidine rings is 1. The third-order valence-corrected chi connectivity index (χ3v) is 5.39. The maximum absolute atomic E-state index is 13.3. The number of hydrogen-bond acceptors (Lipinski definition) is 4. The van der Waals surface area contributed by atoms with E-state index >= 15 is 0 Å². The van der Waals surface area contributed by atoms with Crippen LogP contribution in [0.2, 0.25) is 0 Å². The van der Waals surface area contributed by atoms with Gasteiger partial charge in [0.2, 0.25) is 11.8 Å². The minimum atomic E-state index is -0.372. The summed E-state index contributed by atoms with van der Waals surface area (Å²) in [5, 5.41) is 2.95. The first-order chi connectivity index (χ1) is 14.0. The maximum atomic E-state index is 13.3. The van der Waals surface area contributed by atoms with E-state index in [2.05, 4.69) is 17.2 Å². The number of aryl methyl sites for hydroxylation is 1. The number of methoxy groups -OCH3 is 1. The van der Waals surface area contributed by atoms with Crippen molar-refractivity contribution in [2.75, 3.05) is 19.0 Å². The molecule has 0 spiro atoms. The summed E-state index contributed by atoms with van der Waals surface area (Å²) in [4.78, 5) is 32.3. The number of hydrogen-bond donors (Lipinski definition) is 1. The molecule has 0 saturated carbocycles. The van der Waals surface area contributed by atoms with Crippen LogP contribution >= 0.6 is 0 Å². The molecule has 2 aromatic rings. The van der Waals surface area contributed by atoms with Gasteiger partial charge < -0.3 is 15.0 Å². The van der Waals surface area contributed by atoms with E-state index in [4.69, 9.17) is 4.74 Å². The Morgan fingerprint density at radius 1 is 1.24 bits per heavy atom. The molecule has 29 heavy (non-hydrogen) atoms. The normalized spacial score (nSPS) is 19.1. The molecule has 0 unspecified atom stereocenters. The van der Waals surface area contributed by atoms with Crippen LogP contribution in [0.1, 0.15) is 49.9 Å². The quantitative estimate of drug-likeness (QED) is 0.766. The van der Waals surface area contributed by atoms with Crippen LogP contribution in [-0.4, -0.2) is 35.4 Å². The molecule has 1 aliphatic rings. The van der Waals surface area contributed by atoms with Crippen LogP contribution in [0.5, 0.6) is 5.75 Å². The number of ether oxygens (including phenoxy) is 1. The van der Waals surface area contributed by atoms with Gasteiger partial charge in [-0.25, -0.2) is 4.98 Å². The molecule has 2 amide bonds. The van der Waals surface area contributed by atoms with Gasteiger partial charge in [-0.3, -0.25) is 9.59 Å². The van der Waals surface area contributed by atoms with Crippen LogP contribution in [0.25, 0.3) is 0 Å². The van der Waals surface area contributed by atoms with Crippen molar-refractivity contribution < 1.29 is 14.3 Å². The lowest BCUT2D eigenvalue weighted by Gasteiger charge is -2.41. The predicted molar refractivity (Wildman–Crippen MR) is 113 cm³/mol. The maximum Gasteiger partial charge on any atom is 0.231 e. The highest BCUT2D eigenvalue weighted by Crippen LogP contribution is 2.41. The largest absolute Gasteiger partial charge is 0.496 e. The Hall–Kier alpha value is -2.89. The Morgan fingerprint density at radius 2 is 2.03 bits per heavy atom. The van der Waals surface area contributed by atoms with Crippen molar-refractivity contribution in [3.63, 3.8) is 0 Å². The minimum Gasteiger partial charge on any atom is -0.496 e. The molecule has 1 aromatic carbocycles. The van der Waals surface area contributed by atoms with E-state index in [1.165, 1.54) is 0 Å². The van der Waals surface area contributed by atoms with Gasteiger partial charge in [0, 0.05) is 24.2 Å². The second kappa shape index (κ2) is 9.54. The SMILES string of the molecule is CCCCN1C(=O)CC[C@H](C(=O)Nc2cccc(C)n2)[C@H]1c1ccccc1OC. The van der Waals surface area contributed by atoms with Crippen molar-refractivity contribution >= 4 is 17.6 Å². The molecule has 3 rings (SSSR count). The van der Waals surface area contributed by atoms with Gasteiger partial charge in [-0.05, 0) is 38.0 Å². The number of nitrogens with one attached hydrogen (secondary N) is 1. The van der Waals surface area contributed by atoms with Gasteiger partial charge in [-0.15, -0.1) is 0 Å². The van der Waals surface area contributed by atoms with Gasteiger partial charge in [0.25, 0.3) is 0 Å². The van der Waals surface area contributed by atoms with Crippen LogP contribution < -0.4 is 10.1 Å². The lowest BCUT2D eigenvalue weighted by Crippen LogP contribution is -2.47. The van der Waals surface area contributed by atoms with E-state index in [1.807, 2.05) is 48.2 Å². The second-order valence-corrected chi connectivity index (χ2v) is 7.43. The van der Waals surface area contributed by atoms with E-state index in [0.29, 0.717) is 31.0 Å². The zero-order chi connectivity index (χ0) is 20.8. The van der Waals surface area contributed by atoms with Gasteiger partial charge in [0.1, 0.15) is 11.6 Å². The lowest BCUT2D eigenvalue weighted by molar-refractivity contribution is -0.142. The molecule has 1 saturated heterocycles. The fourth-order valence-corrected chi connectivity index (χ4v) is 3.95. The number of nitrogens with zero attached hydrogens (tertiary/aromatic N) is 2. The molecule has 0 radical (unpaired) electrons. The summed E-state index contributed by atoms with van der Waals surface area (Å²) < 4.78 is 5.57. The zero-order valence-corrected chi connectivity index (χ0v) is 17.4. The number of anilines is 1. The first-order valence-electron chi connectivity index (χ1n) is 10.2. The van der Waals surface area contributed by atoms with Crippen molar-refractivity contribution in [1.82, 2.24) is 9.88 Å². The highest BCUT2D eigenvalue weighted by atomic mass is 16.5. The Balaban J connectivity index is 1.96. The van der Waals surface area contributed by atoms with Gasteiger partial charge in [0.15, 0.2) is 0 Å². The number of carbonyl (C=O) groups excluding carboxylic acids is 2. The first kappa shape index (κ1) is 20.8. The molecule has 2 atom stereocenters. The van der Waals surface area contributed by atoms with Crippen LogP contribution in [0.15, 0.2) is 42.5 Å². The van der Waals surface area contributed by atoms with Crippen LogP contribution in [-0.2, 0) is 9.59 Å². The number of pyridine rings is 1. The Morgan fingerprint density at radius 3 is 2.76 bits per heavy atom. The summed E-state index contributed by atoms with van der Waals surface area (Å²) in [6.07, 6.45) is 2.74. The Kier molecular flexibility index (Phi) is 6.86. The Labute approximate surface area is 172 Å². The Bertz CT molecular complexity index is 868. The van der Waals surface area contributed by atoms with E-state index in [-0.39, 0.29) is 23.8 Å². The molecule has 0 bridgehead atoms.